The summed E-state index contributed by atoms with van der Waals surface area (Å²) in [6, 6.07) is 3.71. The number of hydrogen-bond donors (Lipinski definition) is 0. The molecule has 114 valence electrons. The van der Waals surface area contributed by atoms with Crippen LogP contribution in [-0.4, -0.2) is 31.1 Å². The maximum Gasteiger partial charge on any atom is 0.240 e. The van der Waals surface area contributed by atoms with E-state index in [1.807, 2.05) is 19.1 Å². The first-order valence-electron chi connectivity index (χ1n) is 6.63. The van der Waals surface area contributed by atoms with Crippen molar-refractivity contribution < 1.29 is 4.52 Å². The first kappa shape index (κ1) is 15.4. The Labute approximate surface area is 140 Å². The second kappa shape index (κ2) is 7.21. The maximum absolute atomic E-state index is 5.36. The lowest BCUT2D eigenvalue weighted by Gasteiger charge is -2.01. The molecule has 9 heteroatoms. The van der Waals surface area contributed by atoms with Crippen molar-refractivity contribution in [2.24, 2.45) is 0 Å². The molecule has 3 aromatic rings. The Balaban J connectivity index is 1.70. The van der Waals surface area contributed by atoms with Crippen LogP contribution in [0.1, 0.15) is 25.0 Å². The average Bonchev–Trinajstić information content (AvgIpc) is 3.18. The van der Waals surface area contributed by atoms with Gasteiger partial charge < -0.3 is 4.52 Å². The standard InChI is InChI=1S/C13H13N5OS3/c1-3-20-12-16-17-13(22-12)21-8(2)11-15-10(18-19-11)9-4-6-14-7-5-9/h4-8H,3H2,1-2H3. The lowest BCUT2D eigenvalue weighted by atomic mass is 10.2. The number of thioether (sulfide) groups is 2. The van der Waals surface area contributed by atoms with Gasteiger partial charge >= 0.3 is 0 Å². The number of nitrogens with zero attached hydrogens (tertiary/aromatic N) is 5. The quantitative estimate of drug-likeness (QED) is 0.618. The van der Waals surface area contributed by atoms with Gasteiger partial charge in [-0.25, -0.2) is 0 Å². The molecule has 0 aliphatic rings. The Hall–Kier alpha value is -1.45. The highest BCUT2D eigenvalue weighted by Crippen LogP contribution is 2.37. The van der Waals surface area contributed by atoms with E-state index in [1.165, 1.54) is 0 Å². The van der Waals surface area contributed by atoms with Gasteiger partial charge in [-0.1, -0.05) is 46.9 Å². The minimum Gasteiger partial charge on any atom is -0.338 e. The fourth-order valence-electron chi connectivity index (χ4n) is 1.65. The fourth-order valence-corrected chi connectivity index (χ4v) is 4.74. The van der Waals surface area contributed by atoms with Crippen molar-refractivity contribution >= 4 is 34.9 Å². The fraction of sp³-hybridized carbons (Fsp3) is 0.308. The zero-order chi connectivity index (χ0) is 15.4. The minimum atomic E-state index is 0.0236. The smallest absolute Gasteiger partial charge is 0.240 e. The lowest BCUT2D eigenvalue weighted by Crippen LogP contribution is -1.89. The summed E-state index contributed by atoms with van der Waals surface area (Å²) in [6.07, 6.45) is 3.41. The molecule has 6 nitrogen and oxygen atoms in total. The molecule has 0 radical (unpaired) electrons. The number of hydrogen-bond acceptors (Lipinski definition) is 9. The van der Waals surface area contributed by atoms with Crippen molar-refractivity contribution in [3.8, 4) is 11.4 Å². The van der Waals surface area contributed by atoms with E-state index in [1.54, 1.807) is 47.3 Å². The van der Waals surface area contributed by atoms with Gasteiger partial charge in [-0.3, -0.25) is 4.98 Å². The van der Waals surface area contributed by atoms with E-state index in [0.29, 0.717) is 11.7 Å². The summed E-state index contributed by atoms with van der Waals surface area (Å²) >= 11 is 4.86. The molecule has 0 saturated heterocycles. The first-order chi connectivity index (χ1) is 10.8. The molecule has 0 amide bonds. The molecule has 1 atom stereocenters. The molecule has 0 fully saturated rings. The number of pyridine rings is 1. The zero-order valence-corrected chi connectivity index (χ0v) is 14.4. The van der Waals surface area contributed by atoms with Crippen LogP contribution in [0.5, 0.6) is 0 Å². The molecular weight excluding hydrogens is 338 g/mol. The van der Waals surface area contributed by atoms with Gasteiger partial charge in [-0.15, -0.1) is 10.2 Å². The third-order valence-electron chi connectivity index (χ3n) is 2.66. The zero-order valence-electron chi connectivity index (χ0n) is 12.0. The predicted molar refractivity (Wildman–Crippen MR) is 88.1 cm³/mol. The third kappa shape index (κ3) is 3.65. The summed E-state index contributed by atoms with van der Waals surface area (Å²) in [5.41, 5.74) is 0.889. The van der Waals surface area contributed by atoms with Crippen LogP contribution < -0.4 is 0 Å². The number of aromatic nitrogens is 5. The van der Waals surface area contributed by atoms with E-state index in [0.717, 1.165) is 20.0 Å². The molecular formula is C13H13N5OS3. The van der Waals surface area contributed by atoms with Crippen molar-refractivity contribution in [3.05, 3.63) is 30.4 Å². The molecule has 0 spiro atoms. The SMILES string of the molecule is CCSc1nnc(SC(C)c2nc(-c3ccncc3)no2)s1. The topological polar surface area (TPSA) is 77.6 Å². The van der Waals surface area contributed by atoms with Gasteiger partial charge in [0, 0.05) is 18.0 Å². The van der Waals surface area contributed by atoms with Crippen molar-refractivity contribution in [2.45, 2.75) is 27.8 Å². The Morgan fingerprint density at radius 1 is 1.23 bits per heavy atom. The minimum absolute atomic E-state index is 0.0236. The van der Waals surface area contributed by atoms with E-state index in [2.05, 4.69) is 32.2 Å². The van der Waals surface area contributed by atoms with Crippen LogP contribution in [0.25, 0.3) is 11.4 Å². The van der Waals surface area contributed by atoms with Crippen molar-refractivity contribution in [3.63, 3.8) is 0 Å². The van der Waals surface area contributed by atoms with Gasteiger partial charge in [-0.2, -0.15) is 4.98 Å². The second-order valence-electron chi connectivity index (χ2n) is 4.22. The van der Waals surface area contributed by atoms with E-state index in [-0.39, 0.29) is 5.25 Å². The van der Waals surface area contributed by atoms with E-state index < -0.39 is 0 Å². The molecule has 0 N–H and O–H groups in total. The van der Waals surface area contributed by atoms with Crippen LogP contribution >= 0.6 is 34.9 Å². The van der Waals surface area contributed by atoms with Crippen LogP contribution in [0.2, 0.25) is 0 Å². The molecule has 0 bridgehead atoms. The normalized spacial score (nSPS) is 12.5. The summed E-state index contributed by atoms with van der Waals surface area (Å²) in [6.45, 7) is 4.11. The van der Waals surface area contributed by atoms with E-state index in [4.69, 9.17) is 4.52 Å². The monoisotopic (exact) mass is 351 g/mol. The van der Waals surface area contributed by atoms with Crippen LogP contribution in [0.15, 0.2) is 37.7 Å². The molecule has 3 heterocycles. The predicted octanol–water partition coefficient (Wildman–Crippen LogP) is 3.95. The van der Waals surface area contributed by atoms with Crippen molar-refractivity contribution in [1.82, 2.24) is 25.3 Å². The van der Waals surface area contributed by atoms with Gasteiger partial charge in [0.15, 0.2) is 8.68 Å². The number of rotatable bonds is 6. The highest BCUT2D eigenvalue weighted by molar-refractivity contribution is 8.03. The molecule has 1 unspecified atom stereocenters. The van der Waals surface area contributed by atoms with Crippen molar-refractivity contribution in [1.29, 1.82) is 0 Å². The van der Waals surface area contributed by atoms with Gasteiger partial charge in [-0.05, 0) is 24.8 Å². The molecule has 0 aromatic carbocycles. The highest BCUT2D eigenvalue weighted by atomic mass is 32.2. The van der Waals surface area contributed by atoms with Crippen LogP contribution in [-0.2, 0) is 0 Å². The molecule has 0 saturated carbocycles. The van der Waals surface area contributed by atoms with E-state index in [9.17, 15) is 0 Å². The van der Waals surface area contributed by atoms with E-state index >= 15 is 0 Å². The van der Waals surface area contributed by atoms with Crippen LogP contribution in [0, 0.1) is 0 Å². The van der Waals surface area contributed by atoms with Gasteiger partial charge in [0.25, 0.3) is 0 Å². The maximum atomic E-state index is 5.36. The summed E-state index contributed by atoms with van der Waals surface area (Å²) in [5.74, 6) is 2.15. The molecule has 3 rings (SSSR count). The largest absolute Gasteiger partial charge is 0.338 e. The molecule has 0 aliphatic carbocycles. The first-order valence-corrected chi connectivity index (χ1v) is 9.31. The third-order valence-corrected chi connectivity index (χ3v) is 5.77. The van der Waals surface area contributed by atoms with Gasteiger partial charge in [0.05, 0.1) is 5.25 Å². The Morgan fingerprint density at radius 3 is 2.77 bits per heavy atom. The molecule has 3 aromatic heterocycles. The highest BCUT2D eigenvalue weighted by Gasteiger charge is 2.18. The summed E-state index contributed by atoms with van der Waals surface area (Å²) in [7, 11) is 0. The average molecular weight is 351 g/mol. The Kier molecular flexibility index (Phi) is 5.06. The van der Waals surface area contributed by atoms with Gasteiger partial charge in [0.1, 0.15) is 0 Å². The summed E-state index contributed by atoms with van der Waals surface area (Å²) in [5, 5.41) is 12.4. The molecule has 0 aliphatic heterocycles. The Morgan fingerprint density at radius 2 is 2.00 bits per heavy atom. The summed E-state index contributed by atoms with van der Waals surface area (Å²) < 4.78 is 7.25. The summed E-state index contributed by atoms with van der Waals surface area (Å²) in [4.78, 5) is 8.42. The molecule has 22 heavy (non-hydrogen) atoms. The van der Waals surface area contributed by atoms with Crippen LogP contribution in [0.4, 0.5) is 0 Å². The second-order valence-corrected chi connectivity index (χ2v) is 8.30. The van der Waals surface area contributed by atoms with Crippen LogP contribution in [0.3, 0.4) is 0 Å². The Bertz CT molecular complexity index is 730. The van der Waals surface area contributed by atoms with Gasteiger partial charge in [0.2, 0.25) is 11.7 Å². The van der Waals surface area contributed by atoms with Crippen molar-refractivity contribution in [2.75, 3.05) is 5.75 Å². The lowest BCUT2D eigenvalue weighted by molar-refractivity contribution is 0.381.